The first-order valence-corrected chi connectivity index (χ1v) is 9.65. The molecular formula is C19H12F3N5O4S. The summed E-state index contributed by atoms with van der Waals surface area (Å²) in [6, 6.07) is 7.63. The van der Waals surface area contributed by atoms with Gasteiger partial charge in [0.2, 0.25) is 17.5 Å². The lowest BCUT2D eigenvalue weighted by Crippen LogP contribution is -2.29. The van der Waals surface area contributed by atoms with Gasteiger partial charge in [-0.05, 0) is 46.3 Å². The molecular weight excluding hydrogens is 451 g/mol. The maximum absolute atomic E-state index is 12.9. The number of carbonyl (C=O) groups excluding carboxylic acids is 2. The van der Waals surface area contributed by atoms with E-state index < -0.39 is 23.6 Å². The van der Waals surface area contributed by atoms with E-state index in [0.717, 1.165) is 28.8 Å². The monoisotopic (exact) mass is 463 g/mol. The van der Waals surface area contributed by atoms with Crippen LogP contribution in [0, 0.1) is 5.41 Å². The van der Waals surface area contributed by atoms with Gasteiger partial charge < -0.3 is 9.73 Å². The standard InChI is InChI=1S/C19H12F3N5O4S/c1-9(28)24-15-16(26-31-25-15)27-17(29)14(32-18(27)23)8-12-5-6-13(30-12)10-3-2-4-11(7-10)19(20,21)22/h2-8,23H,1H3,(H,24,25,28)/b14-8+,23-18?. The third kappa shape index (κ3) is 4.14. The Morgan fingerprint density at radius 1 is 1.25 bits per heavy atom. The minimum absolute atomic E-state index is 0.0942. The SMILES string of the molecule is CC(=O)Nc1nonc1N1C(=N)S/C(=C/c2ccc(-c3cccc(C(F)(F)F)c3)o2)C1=O. The van der Waals surface area contributed by atoms with Crippen LogP contribution in [-0.4, -0.2) is 27.3 Å². The Morgan fingerprint density at radius 2 is 2.03 bits per heavy atom. The summed E-state index contributed by atoms with van der Waals surface area (Å²) in [6.45, 7) is 1.23. The molecule has 2 N–H and O–H groups in total. The van der Waals surface area contributed by atoms with Crippen molar-refractivity contribution < 1.29 is 31.8 Å². The molecule has 0 bridgehead atoms. The third-order valence-electron chi connectivity index (χ3n) is 4.18. The molecule has 1 aliphatic heterocycles. The molecule has 0 radical (unpaired) electrons. The highest BCUT2D eigenvalue weighted by molar-refractivity contribution is 8.19. The van der Waals surface area contributed by atoms with Crippen molar-refractivity contribution in [2.75, 3.05) is 10.2 Å². The number of benzene rings is 1. The minimum Gasteiger partial charge on any atom is -0.457 e. The zero-order chi connectivity index (χ0) is 23.0. The molecule has 2 aromatic heterocycles. The van der Waals surface area contributed by atoms with Crippen LogP contribution in [0.3, 0.4) is 0 Å². The average molecular weight is 463 g/mol. The summed E-state index contributed by atoms with van der Waals surface area (Å²) in [7, 11) is 0. The van der Waals surface area contributed by atoms with Crippen LogP contribution in [0.1, 0.15) is 18.2 Å². The van der Waals surface area contributed by atoms with Crippen LogP contribution in [0.4, 0.5) is 24.8 Å². The third-order valence-corrected chi connectivity index (χ3v) is 5.06. The number of anilines is 2. The van der Waals surface area contributed by atoms with Crippen LogP contribution in [0.15, 0.2) is 50.3 Å². The molecule has 3 aromatic rings. The molecule has 1 saturated heterocycles. The molecule has 4 rings (SSSR count). The second-order valence-corrected chi connectivity index (χ2v) is 7.49. The fourth-order valence-corrected chi connectivity index (χ4v) is 3.64. The summed E-state index contributed by atoms with van der Waals surface area (Å²) in [5.74, 6) is -1.01. The van der Waals surface area contributed by atoms with Crippen LogP contribution < -0.4 is 10.2 Å². The van der Waals surface area contributed by atoms with Crippen LogP contribution in [-0.2, 0) is 15.8 Å². The first-order valence-electron chi connectivity index (χ1n) is 8.83. The van der Waals surface area contributed by atoms with E-state index in [9.17, 15) is 22.8 Å². The number of hydrogen-bond acceptors (Lipinski definition) is 8. The number of nitrogens with zero attached hydrogens (tertiary/aromatic N) is 3. The van der Waals surface area contributed by atoms with Gasteiger partial charge in [0.1, 0.15) is 11.5 Å². The Balaban J connectivity index is 1.59. The molecule has 164 valence electrons. The summed E-state index contributed by atoms with van der Waals surface area (Å²) in [4.78, 5) is 25.1. The van der Waals surface area contributed by atoms with E-state index >= 15 is 0 Å². The predicted molar refractivity (Wildman–Crippen MR) is 109 cm³/mol. The van der Waals surface area contributed by atoms with Gasteiger partial charge in [0.25, 0.3) is 5.91 Å². The number of halogens is 3. The first kappa shape index (κ1) is 21.4. The Hall–Kier alpha value is -3.87. The zero-order valence-electron chi connectivity index (χ0n) is 16.1. The number of aromatic nitrogens is 2. The van der Waals surface area contributed by atoms with E-state index in [4.69, 9.17) is 9.83 Å². The predicted octanol–water partition coefficient (Wildman–Crippen LogP) is 4.36. The lowest BCUT2D eigenvalue weighted by Gasteiger charge is -2.10. The Kier molecular flexibility index (Phi) is 5.34. The number of alkyl halides is 3. The average Bonchev–Trinajstić information content (AvgIpc) is 3.42. The van der Waals surface area contributed by atoms with Crippen LogP contribution >= 0.6 is 11.8 Å². The van der Waals surface area contributed by atoms with Gasteiger partial charge in [-0.1, -0.05) is 12.1 Å². The van der Waals surface area contributed by atoms with Gasteiger partial charge in [-0.25, -0.2) is 9.53 Å². The number of furan rings is 1. The van der Waals surface area contributed by atoms with Gasteiger partial charge in [-0.2, -0.15) is 13.2 Å². The van der Waals surface area contributed by atoms with Crippen molar-refractivity contribution in [3.63, 3.8) is 0 Å². The lowest BCUT2D eigenvalue weighted by atomic mass is 10.1. The fraction of sp³-hybridized carbons (Fsp3) is 0.105. The second kappa shape index (κ2) is 8.00. The smallest absolute Gasteiger partial charge is 0.416 e. The number of amides is 2. The first-order chi connectivity index (χ1) is 15.1. The van der Waals surface area contributed by atoms with Gasteiger partial charge in [0.05, 0.1) is 10.5 Å². The number of rotatable bonds is 4. The number of carbonyl (C=O) groups is 2. The topological polar surface area (TPSA) is 125 Å². The molecule has 3 heterocycles. The maximum Gasteiger partial charge on any atom is 0.416 e. The molecule has 0 saturated carbocycles. The lowest BCUT2D eigenvalue weighted by molar-refractivity contribution is -0.137. The molecule has 0 unspecified atom stereocenters. The van der Waals surface area contributed by atoms with Crippen molar-refractivity contribution in [3.8, 4) is 11.3 Å². The van der Waals surface area contributed by atoms with Gasteiger partial charge in [0, 0.05) is 18.6 Å². The van der Waals surface area contributed by atoms with Crippen molar-refractivity contribution in [3.05, 3.63) is 52.6 Å². The zero-order valence-corrected chi connectivity index (χ0v) is 16.9. The fourth-order valence-electron chi connectivity index (χ4n) is 2.82. The Morgan fingerprint density at radius 3 is 2.75 bits per heavy atom. The summed E-state index contributed by atoms with van der Waals surface area (Å²) >= 11 is 0.803. The Bertz CT molecular complexity index is 1260. The normalized spacial score (nSPS) is 15.6. The summed E-state index contributed by atoms with van der Waals surface area (Å²) in [5, 5.41) is 17.3. The largest absolute Gasteiger partial charge is 0.457 e. The van der Waals surface area contributed by atoms with Gasteiger partial charge >= 0.3 is 6.18 Å². The van der Waals surface area contributed by atoms with Crippen LogP contribution in [0.2, 0.25) is 0 Å². The summed E-state index contributed by atoms with van der Waals surface area (Å²) < 4.78 is 49.0. The van der Waals surface area contributed by atoms with Crippen LogP contribution in [0.5, 0.6) is 0 Å². The van der Waals surface area contributed by atoms with Gasteiger partial charge in [-0.15, -0.1) is 0 Å². The number of nitrogens with one attached hydrogen (secondary N) is 2. The molecule has 2 amide bonds. The van der Waals surface area contributed by atoms with E-state index in [0.29, 0.717) is 0 Å². The summed E-state index contributed by atoms with van der Waals surface area (Å²) in [5.41, 5.74) is -0.592. The van der Waals surface area contributed by atoms with Crippen molar-refractivity contribution in [1.82, 2.24) is 10.3 Å². The molecule has 0 atom stereocenters. The maximum atomic E-state index is 12.9. The van der Waals surface area contributed by atoms with Crippen molar-refractivity contribution in [1.29, 1.82) is 5.41 Å². The quantitative estimate of drug-likeness (QED) is 0.551. The Labute approximate surface area is 181 Å². The number of amidine groups is 1. The van der Waals surface area contributed by atoms with Crippen molar-refractivity contribution in [2.45, 2.75) is 13.1 Å². The molecule has 32 heavy (non-hydrogen) atoms. The highest BCUT2D eigenvalue weighted by Gasteiger charge is 2.38. The molecule has 1 fully saturated rings. The molecule has 1 aliphatic rings. The molecule has 13 heteroatoms. The van der Waals surface area contributed by atoms with E-state index in [1.165, 1.54) is 37.3 Å². The van der Waals surface area contributed by atoms with Crippen molar-refractivity contribution >= 4 is 46.5 Å². The van der Waals surface area contributed by atoms with E-state index in [-0.39, 0.29) is 38.8 Å². The van der Waals surface area contributed by atoms with Crippen LogP contribution in [0.25, 0.3) is 17.4 Å². The van der Waals surface area contributed by atoms with Crippen molar-refractivity contribution in [2.24, 2.45) is 0 Å². The highest BCUT2D eigenvalue weighted by Crippen LogP contribution is 2.38. The molecule has 0 aliphatic carbocycles. The number of thioether (sulfide) groups is 1. The van der Waals surface area contributed by atoms with Gasteiger partial charge in [-0.3, -0.25) is 15.0 Å². The summed E-state index contributed by atoms with van der Waals surface area (Å²) in [6.07, 6.45) is -3.14. The minimum atomic E-state index is -4.49. The molecule has 0 spiro atoms. The van der Waals surface area contributed by atoms with E-state index in [1.54, 1.807) is 0 Å². The molecule has 1 aromatic carbocycles. The second-order valence-electron chi connectivity index (χ2n) is 6.45. The number of hydrogen-bond donors (Lipinski definition) is 2. The highest BCUT2D eigenvalue weighted by atomic mass is 32.2. The van der Waals surface area contributed by atoms with Gasteiger partial charge in [0.15, 0.2) is 5.17 Å². The molecule has 9 nitrogen and oxygen atoms in total. The van der Waals surface area contributed by atoms with E-state index in [1.807, 2.05) is 0 Å². The van der Waals surface area contributed by atoms with E-state index in [2.05, 4.69) is 20.3 Å².